The summed E-state index contributed by atoms with van der Waals surface area (Å²) in [5.74, 6) is -0.752. The lowest BCUT2D eigenvalue weighted by atomic mass is 9.85. The Kier molecular flexibility index (Phi) is 6.20. The second-order valence-electron chi connectivity index (χ2n) is 5.97. The lowest BCUT2D eigenvalue weighted by Gasteiger charge is -2.19. The van der Waals surface area contributed by atoms with E-state index in [-0.39, 0.29) is 24.2 Å². The number of rotatable bonds is 5. The van der Waals surface area contributed by atoms with Gasteiger partial charge in [-0.15, -0.1) is 12.4 Å². The summed E-state index contributed by atoms with van der Waals surface area (Å²) < 4.78 is 0. The lowest BCUT2D eigenvalue weighted by molar-refractivity contribution is -0.143. The number of carboxylic acid groups (broad SMARTS) is 1. The number of carboxylic acids is 1. The summed E-state index contributed by atoms with van der Waals surface area (Å²) in [6.45, 7) is 1.74. The molecule has 0 bridgehead atoms. The molecule has 1 fully saturated rings. The Bertz CT molecular complexity index is 639. The second kappa shape index (κ2) is 8.14. The summed E-state index contributed by atoms with van der Waals surface area (Å²) in [5.41, 5.74) is 3.41. The van der Waals surface area contributed by atoms with Crippen LogP contribution in [-0.2, 0) is 11.2 Å². The molecule has 0 aromatic heterocycles. The third-order valence-corrected chi connectivity index (χ3v) is 4.47. The second-order valence-corrected chi connectivity index (χ2v) is 5.97. The first-order chi connectivity index (χ1) is 10.7. The van der Waals surface area contributed by atoms with Crippen LogP contribution >= 0.6 is 12.4 Å². The highest BCUT2D eigenvalue weighted by Gasteiger charge is 2.30. The van der Waals surface area contributed by atoms with Crippen LogP contribution in [0.5, 0.6) is 0 Å². The van der Waals surface area contributed by atoms with Crippen LogP contribution in [0.2, 0.25) is 0 Å². The van der Waals surface area contributed by atoms with Crippen LogP contribution in [0.3, 0.4) is 0 Å². The SMILES string of the molecule is Cl.O=C(O)[C@@H](Cc1cccc(-c2ccccc2)c1)[C@H]1CCNC1. The van der Waals surface area contributed by atoms with Gasteiger partial charge in [0.1, 0.15) is 0 Å². The fourth-order valence-electron chi connectivity index (χ4n) is 3.24. The molecule has 2 atom stereocenters. The average molecular weight is 332 g/mol. The summed E-state index contributed by atoms with van der Waals surface area (Å²) in [7, 11) is 0. The number of carbonyl (C=O) groups is 1. The summed E-state index contributed by atoms with van der Waals surface area (Å²) in [5, 5.41) is 12.8. The van der Waals surface area contributed by atoms with Crippen LogP contribution in [0.1, 0.15) is 12.0 Å². The maximum atomic E-state index is 11.6. The molecule has 0 spiro atoms. The van der Waals surface area contributed by atoms with Crippen molar-refractivity contribution in [3.05, 3.63) is 60.2 Å². The number of halogens is 1. The Labute approximate surface area is 143 Å². The third-order valence-electron chi connectivity index (χ3n) is 4.47. The summed E-state index contributed by atoms with van der Waals surface area (Å²) in [4.78, 5) is 11.6. The first-order valence-electron chi connectivity index (χ1n) is 7.82. The Balaban J connectivity index is 0.00000192. The number of aliphatic carboxylic acids is 1. The molecule has 2 aromatic rings. The zero-order valence-corrected chi connectivity index (χ0v) is 13.8. The van der Waals surface area contributed by atoms with Gasteiger partial charge in [0.05, 0.1) is 5.92 Å². The van der Waals surface area contributed by atoms with Crippen molar-refractivity contribution in [3.8, 4) is 11.1 Å². The van der Waals surface area contributed by atoms with Gasteiger partial charge in [-0.2, -0.15) is 0 Å². The third kappa shape index (κ3) is 4.34. The molecule has 2 aromatic carbocycles. The fourth-order valence-corrected chi connectivity index (χ4v) is 3.24. The number of hydrogen-bond donors (Lipinski definition) is 2. The molecule has 0 unspecified atom stereocenters. The average Bonchev–Trinajstić information content (AvgIpc) is 3.07. The van der Waals surface area contributed by atoms with Crippen LogP contribution in [-0.4, -0.2) is 24.2 Å². The fraction of sp³-hybridized carbons (Fsp3) is 0.316. The molecular formula is C19H22ClNO2. The van der Waals surface area contributed by atoms with Gasteiger partial charge >= 0.3 is 5.97 Å². The van der Waals surface area contributed by atoms with Crippen molar-refractivity contribution in [2.45, 2.75) is 12.8 Å². The summed E-state index contributed by atoms with van der Waals surface area (Å²) in [6.07, 6.45) is 1.55. The van der Waals surface area contributed by atoms with E-state index < -0.39 is 5.97 Å². The first-order valence-corrected chi connectivity index (χ1v) is 7.82. The smallest absolute Gasteiger partial charge is 0.307 e. The molecule has 1 aliphatic rings. The van der Waals surface area contributed by atoms with Crippen LogP contribution in [0.15, 0.2) is 54.6 Å². The van der Waals surface area contributed by atoms with Crippen LogP contribution in [0.4, 0.5) is 0 Å². The van der Waals surface area contributed by atoms with Crippen LogP contribution in [0.25, 0.3) is 11.1 Å². The van der Waals surface area contributed by atoms with Crippen molar-refractivity contribution < 1.29 is 9.90 Å². The standard InChI is InChI=1S/C19H21NO2.ClH/c21-19(22)18(17-9-10-20-13-17)12-14-5-4-8-16(11-14)15-6-2-1-3-7-15;/h1-8,11,17-18,20H,9-10,12-13H2,(H,21,22);1H/t17-,18-;/m0./s1. The van der Waals surface area contributed by atoms with Gasteiger partial charge in [-0.05, 0) is 48.5 Å². The molecule has 3 rings (SSSR count). The highest BCUT2D eigenvalue weighted by molar-refractivity contribution is 5.85. The first kappa shape index (κ1) is 17.5. The zero-order chi connectivity index (χ0) is 15.4. The normalized spacial score (nSPS) is 18.2. The monoisotopic (exact) mass is 331 g/mol. The topological polar surface area (TPSA) is 49.3 Å². The molecule has 23 heavy (non-hydrogen) atoms. The summed E-state index contributed by atoms with van der Waals surface area (Å²) >= 11 is 0. The zero-order valence-electron chi connectivity index (χ0n) is 12.9. The molecule has 1 aliphatic heterocycles. The Morgan fingerprint density at radius 3 is 2.52 bits per heavy atom. The lowest BCUT2D eigenvalue weighted by Crippen LogP contribution is -2.27. The van der Waals surface area contributed by atoms with Crippen LogP contribution < -0.4 is 5.32 Å². The molecule has 122 valence electrons. The van der Waals surface area contributed by atoms with E-state index in [0.717, 1.165) is 30.6 Å². The molecule has 3 nitrogen and oxygen atoms in total. The Morgan fingerprint density at radius 2 is 1.87 bits per heavy atom. The van der Waals surface area contributed by atoms with E-state index in [1.807, 2.05) is 30.3 Å². The molecule has 0 amide bonds. The molecule has 4 heteroatoms. The van der Waals surface area contributed by atoms with Crippen molar-refractivity contribution in [2.24, 2.45) is 11.8 Å². The van der Waals surface area contributed by atoms with Gasteiger partial charge in [0, 0.05) is 0 Å². The van der Waals surface area contributed by atoms with E-state index in [1.54, 1.807) is 0 Å². The number of nitrogens with one attached hydrogen (secondary N) is 1. The van der Waals surface area contributed by atoms with Gasteiger partial charge in [-0.25, -0.2) is 0 Å². The Morgan fingerprint density at radius 1 is 1.13 bits per heavy atom. The van der Waals surface area contributed by atoms with Gasteiger partial charge in [0.15, 0.2) is 0 Å². The van der Waals surface area contributed by atoms with Crippen molar-refractivity contribution in [3.63, 3.8) is 0 Å². The molecule has 0 saturated carbocycles. The largest absolute Gasteiger partial charge is 0.481 e. The van der Waals surface area contributed by atoms with Gasteiger partial charge in [0.2, 0.25) is 0 Å². The van der Waals surface area contributed by atoms with E-state index in [4.69, 9.17) is 0 Å². The molecule has 0 aliphatic carbocycles. The molecule has 1 heterocycles. The predicted octanol–water partition coefficient (Wildman–Crippen LogP) is 3.63. The molecule has 1 saturated heterocycles. The minimum absolute atomic E-state index is 0. The molecule has 0 radical (unpaired) electrons. The summed E-state index contributed by atoms with van der Waals surface area (Å²) in [6, 6.07) is 18.4. The van der Waals surface area contributed by atoms with Crippen LogP contribution in [0, 0.1) is 11.8 Å². The van der Waals surface area contributed by atoms with Crippen molar-refractivity contribution >= 4 is 18.4 Å². The van der Waals surface area contributed by atoms with Crippen molar-refractivity contribution in [1.82, 2.24) is 5.32 Å². The van der Waals surface area contributed by atoms with Crippen molar-refractivity contribution in [1.29, 1.82) is 0 Å². The number of hydrogen-bond acceptors (Lipinski definition) is 2. The maximum Gasteiger partial charge on any atom is 0.307 e. The maximum absolute atomic E-state index is 11.6. The highest BCUT2D eigenvalue weighted by Crippen LogP contribution is 2.26. The van der Waals surface area contributed by atoms with Crippen molar-refractivity contribution in [2.75, 3.05) is 13.1 Å². The quantitative estimate of drug-likeness (QED) is 0.879. The minimum atomic E-state index is -0.682. The van der Waals surface area contributed by atoms with E-state index in [1.165, 1.54) is 5.56 Å². The molecular weight excluding hydrogens is 310 g/mol. The molecule has 2 N–H and O–H groups in total. The van der Waals surface area contributed by atoms with E-state index in [0.29, 0.717) is 6.42 Å². The van der Waals surface area contributed by atoms with Gasteiger partial charge in [-0.3, -0.25) is 4.79 Å². The van der Waals surface area contributed by atoms with E-state index >= 15 is 0 Å². The Hall–Kier alpha value is -1.84. The predicted molar refractivity (Wildman–Crippen MR) is 94.9 cm³/mol. The number of benzene rings is 2. The van der Waals surface area contributed by atoms with Gasteiger partial charge in [0.25, 0.3) is 0 Å². The van der Waals surface area contributed by atoms with Gasteiger partial charge in [-0.1, -0.05) is 54.6 Å². The van der Waals surface area contributed by atoms with Gasteiger partial charge < -0.3 is 10.4 Å². The van der Waals surface area contributed by atoms with E-state index in [2.05, 4.69) is 29.6 Å². The highest BCUT2D eigenvalue weighted by atomic mass is 35.5. The van der Waals surface area contributed by atoms with E-state index in [9.17, 15) is 9.90 Å². The minimum Gasteiger partial charge on any atom is -0.481 e.